The molecule has 0 saturated heterocycles. The van der Waals surface area contributed by atoms with E-state index < -0.39 is 12.8 Å². The Kier molecular flexibility index (Phi) is 3.46. The highest BCUT2D eigenvalue weighted by Crippen LogP contribution is 2.19. The van der Waals surface area contributed by atoms with E-state index in [0.717, 1.165) is 0 Å². The van der Waals surface area contributed by atoms with Crippen LogP contribution in [0.3, 0.4) is 0 Å². The summed E-state index contributed by atoms with van der Waals surface area (Å²) in [6, 6.07) is 2.95. The van der Waals surface area contributed by atoms with Crippen LogP contribution in [-0.2, 0) is 0 Å². The van der Waals surface area contributed by atoms with E-state index >= 15 is 0 Å². The molecule has 0 aliphatic carbocycles. The van der Waals surface area contributed by atoms with Crippen molar-refractivity contribution in [2.24, 2.45) is 5.73 Å². The van der Waals surface area contributed by atoms with Gasteiger partial charge >= 0.3 is 6.18 Å². The molecular formula is C8H7F3N2OS. The Bertz CT molecular complexity index is 367. The van der Waals surface area contributed by atoms with E-state index in [0.29, 0.717) is 0 Å². The molecule has 0 aliphatic heterocycles. The summed E-state index contributed by atoms with van der Waals surface area (Å²) in [5, 5.41) is 0. The molecule has 3 nitrogen and oxygen atoms in total. The Morgan fingerprint density at radius 3 is 2.73 bits per heavy atom. The van der Waals surface area contributed by atoms with Gasteiger partial charge in [0.1, 0.15) is 4.99 Å². The quantitative estimate of drug-likeness (QED) is 0.811. The van der Waals surface area contributed by atoms with Gasteiger partial charge in [0, 0.05) is 6.20 Å². The molecule has 0 saturated carbocycles. The third-order valence-corrected chi connectivity index (χ3v) is 1.63. The zero-order valence-electron chi connectivity index (χ0n) is 7.41. The number of halogens is 3. The summed E-state index contributed by atoms with van der Waals surface area (Å²) < 4.78 is 40.0. The van der Waals surface area contributed by atoms with Gasteiger partial charge in [-0.25, -0.2) is 4.98 Å². The highest BCUT2D eigenvalue weighted by molar-refractivity contribution is 7.80. The number of nitrogens with zero attached hydrogens (tertiary/aromatic N) is 1. The Morgan fingerprint density at radius 2 is 2.20 bits per heavy atom. The van der Waals surface area contributed by atoms with Crippen LogP contribution in [0.4, 0.5) is 13.2 Å². The van der Waals surface area contributed by atoms with Crippen molar-refractivity contribution < 1.29 is 17.9 Å². The lowest BCUT2D eigenvalue weighted by molar-refractivity contribution is -0.154. The normalized spacial score (nSPS) is 11.1. The van der Waals surface area contributed by atoms with Crippen LogP contribution in [-0.4, -0.2) is 22.8 Å². The largest absolute Gasteiger partial charge is 0.468 e. The molecule has 0 unspecified atom stereocenters. The number of alkyl halides is 3. The van der Waals surface area contributed by atoms with Crippen LogP contribution in [0.15, 0.2) is 18.3 Å². The lowest BCUT2D eigenvalue weighted by Crippen LogP contribution is -2.21. The number of nitrogens with two attached hydrogens (primary N) is 1. The Hall–Kier alpha value is -1.37. The van der Waals surface area contributed by atoms with Gasteiger partial charge in [-0.3, -0.25) is 0 Å². The topological polar surface area (TPSA) is 48.1 Å². The minimum atomic E-state index is -4.41. The van der Waals surface area contributed by atoms with Crippen LogP contribution in [0.25, 0.3) is 0 Å². The minimum Gasteiger partial charge on any atom is -0.468 e. The van der Waals surface area contributed by atoms with Crippen molar-refractivity contribution in [2.45, 2.75) is 6.18 Å². The second kappa shape index (κ2) is 4.43. The van der Waals surface area contributed by atoms with Crippen molar-refractivity contribution >= 4 is 17.2 Å². The molecule has 1 heterocycles. The molecule has 0 spiro atoms. The molecule has 15 heavy (non-hydrogen) atoms. The van der Waals surface area contributed by atoms with Crippen LogP contribution in [0.5, 0.6) is 5.88 Å². The third kappa shape index (κ3) is 3.70. The monoisotopic (exact) mass is 236 g/mol. The SMILES string of the molecule is NC(=S)c1cccnc1OCC(F)(F)F. The maximum atomic E-state index is 11.9. The molecule has 0 aliphatic rings. The molecule has 0 aromatic carbocycles. The van der Waals surface area contributed by atoms with E-state index in [-0.39, 0.29) is 16.4 Å². The fourth-order valence-corrected chi connectivity index (χ4v) is 0.999. The van der Waals surface area contributed by atoms with Gasteiger partial charge in [-0.2, -0.15) is 13.2 Å². The second-order valence-corrected chi connectivity index (χ2v) is 3.06. The first-order chi connectivity index (χ1) is 6.90. The molecule has 0 bridgehead atoms. The molecule has 1 rings (SSSR count). The van der Waals surface area contributed by atoms with E-state index in [1.807, 2.05) is 0 Å². The molecular weight excluding hydrogens is 229 g/mol. The molecule has 82 valence electrons. The van der Waals surface area contributed by atoms with Gasteiger partial charge in [0.2, 0.25) is 5.88 Å². The molecule has 0 radical (unpaired) electrons. The minimum absolute atomic E-state index is 0.0553. The van der Waals surface area contributed by atoms with E-state index in [4.69, 9.17) is 5.73 Å². The van der Waals surface area contributed by atoms with Crippen molar-refractivity contribution in [3.63, 3.8) is 0 Å². The van der Waals surface area contributed by atoms with Crippen molar-refractivity contribution in [3.8, 4) is 5.88 Å². The van der Waals surface area contributed by atoms with Gasteiger partial charge in [0.25, 0.3) is 0 Å². The average molecular weight is 236 g/mol. The number of rotatable bonds is 3. The standard InChI is InChI=1S/C8H7F3N2OS/c9-8(10,11)4-14-7-5(6(12)15)2-1-3-13-7/h1-3H,4H2,(H2,12,15). The Labute approximate surface area is 89.1 Å². The summed E-state index contributed by atoms with van der Waals surface area (Å²) in [4.78, 5) is 3.56. The van der Waals surface area contributed by atoms with Crippen LogP contribution in [0.2, 0.25) is 0 Å². The first-order valence-corrected chi connectivity index (χ1v) is 4.25. The number of hydrogen-bond acceptors (Lipinski definition) is 3. The van der Waals surface area contributed by atoms with Crippen LogP contribution >= 0.6 is 12.2 Å². The summed E-state index contributed by atoms with van der Waals surface area (Å²) in [5.41, 5.74) is 5.48. The molecule has 2 N–H and O–H groups in total. The number of ether oxygens (including phenoxy) is 1. The van der Waals surface area contributed by atoms with Crippen molar-refractivity contribution in [2.75, 3.05) is 6.61 Å². The lowest BCUT2D eigenvalue weighted by Gasteiger charge is -2.10. The summed E-state index contributed by atoms with van der Waals surface area (Å²) >= 11 is 4.63. The number of thiocarbonyl (C=S) groups is 1. The molecule has 0 fully saturated rings. The zero-order chi connectivity index (χ0) is 11.5. The maximum Gasteiger partial charge on any atom is 0.422 e. The summed E-state index contributed by atoms with van der Waals surface area (Å²) in [6.45, 7) is -1.42. The molecule has 0 atom stereocenters. The maximum absolute atomic E-state index is 11.9. The zero-order valence-corrected chi connectivity index (χ0v) is 8.23. The first-order valence-electron chi connectivity index (χ1n) is 3.84. The highest BCUT2D eigenvalue weighted by Gasteiger charge is 2.29. The van der Waals surface area contributed by atoms with Crippen molar-refractivity contribution in [1.82, 2.24) is 4.98 Å². The summed E-state index contributed by atoms with van der Waals surface area (Å²) in [5.74, 6) is -0.206. The van der Waals surface area contributed by atoms with Gasteiger partial charge < -0.3 is 10.5 Å². The van der Waals surface area contributed by atoms with E-state index in [2.05, 4.69) is 21.9 Å². The van der Waals surface area contributed by atoms with Gasteiger partial charge in [-0.15, -0.1) is 0 Å². The predicted molar refractivity (Wildman–Crippen MR) is 51.7 cm³/mol. The van der Waals surface area contributed by atoms with E-state index in [9.17, 15) is 13.2 Å². The van der Waals surface area contributed by atoms with Crippen LogP contribution < -0.4 is 10.5 Å². The number of pyridine rings is 1. The molecule has 7 heteroatoms. The summed E-state index contributed by atoms with van der Waals surface area (Å²) in [7, 11) is 0. The first kappa shape index (κ1) is 11.7. The number of hydrogen-bond donors (Lipinski definition) is 1. The van der Waals surface area contributed by atoms with Crippen molar-refractivity contribution in [1.29, 1.82) is 0 Å². The lowest BCUT2D eigenvalue weighted by atomic mass is 10.3. The van der Waals surface area contributed by atoms with E-state index in [1.54, 1.807) is 0 Å². The predicted octanol–water partition coefficient (Wildman–Crippen LogP) is 1.66. The van der Waals surface area contributed by atoms with Gasteiger partial charge in [-0.05, 0) is 12.1 Å². The highest BCUT2D eigenvalue weighted by atomic mass is 32.1. The fourth-order valence-electron chi connectivity index (χ4n) is 0.844. The smallest absolute Gasteiger partial charge is 0.422 e. The number of aromatic nitrogens is 1. The molecule has 0 amide bonds. The Morgan fingerprint density at radius 1 is 1.53 bits per heavy atom. The van der Waals surface area contributed by atoms with Crippen LogP contribution in [0.1, 0.15) is 5.56 Å². The molecule has 1 aromatic rings. The van der Waals surface area contributed by atoms with Crippen molar-refractivity contribution in [3.05, 3.63) is 23.9 Å². The van der Waals surface area contributed by atoms with Gasteiger partial charge in [0.15, 0.2) is 6.61 Å². The fraction of sp³-hybridized carbons (Fsp3) is 0.250. The van der Waals surface area contributed by atoms with Gasteiger partial charge in [0.05, 0.1) is 5.56 Å². The second-order valence-electron chi connectivity index (χ2n) is 2.62. The molecule has 1 aromatic heterocycles. The van der Waals surface area contributed by atoms with Gasteiger partial charge in [-0.1, -0.05) is 12.2 Å². The van der Waals surface area contributed by atoms with E-state index in [1.165, 1.54) is 18.3 Å². The Balaban J connectivity index is 2.81. The third-order valence-electron chi connectivity index (χ3n) is 1.41. The average Bonchev–Trinajstić information content (AvgIpc) is 2.14. The van der Waals surface area contributed by atoms with Crippen LogP contribution in [0, 0.1) is 0 Å². The summed E-state index contributed by atoms with van der Waals surface area (Å²) in [6.07, 6.45) is -3.11.